The lowest BCUT2D eigenvalue weighted by Gasteiger charge is -2.35. The van der Waals surface area contributed by atoms with E-state index in [4.69, 9.17) is 4.74 Å². The molecule has 0 aromatic heterocycles. The van der Waals surface area contributed by atoms with Crippen molar-refractivity contribution in [1.82, 2.24) is 0 Å². The van der Waals surface area contributed by atoms with Crippen molar-refractivity contribution < 1.29 is 4.74 Å². The zero-order valence-corrected chi connectivity index (χ0v) is 68.2. The van der Waals surface area contributed by atoms with Gasteiger partial charge < -0.3 is 19.4 Å². The second kappa shape index (κ2) is 34.2. The smallest absolute Gasteiger partial charge is 0.119 e. The quantitative estimate of drug-likeness (QED) is 0.0382. The fraction of sp³-hybridized carbons (Fsp3) is 0.284. The second-order valence-corrected chi connectivity index (χ2v) is 33.0. The molecule has 13 aromatic carbocycles. The fourth-order valence-electron chi connectivity index (χ4n) is 18.7. The number of aryl methyl sites for hydroxylation is 7. The van der Waals surface area contributed by atoms with Crippen LogP contribution in [0.15, 0.2) is 285 Å². The van der Waals surface area contributed by atoms with Gasteiger partial charge in [0.15, 0.2) is 0 Å². The summed E-state index contributed by atoms with van der Waals surface area (Å²) in [6.45, 7) is 18.7. The van der Waals surface area contributed by atoms with E-state index in [0.717, 1.165) is 66.5 Å². The van der Waals surface area contributed by atoms with Crippen molar-refractivity contribution in [1.29, 1.82) is 0 Å². The van der Waals surface area contributed by atoms with Crippen LogP contribution >= 0.6 is 0 Å². The third-order valence-corrected chi connectivity index (χ3v) is 25.1. The summed E-state index contributed by atoms with van der Waals surface area (Å²) in [5.74, 6) is 0.927. The van der Waals surface area contributed by atoms with Crippen molar-refractivity contribution in [3.63, 3.8) is 0 Å². The van der Waals surface area contributed by atoms with Crippen LogP contribution in [0, 0.1) is 34.6 Å². The van der Waals surface area contributed by atoms with Crippen LogP contribution in [-0.4, -0.2) is 6.61 Å². The molecule has 0 amide bonds. The van der Waals surface area contributed by atoms with Gasteiger partial charge in [-0.3, -0.25) is 0 Å². The Balaban J connectivity index is 0.768. The predicted molar refractivity (Wildman–Crippen MR) is 482 cm³/mol. The third-order valence-electron chi connectivity index (χ3n) is 25.1. The fourth-order valence-corrected chi connectivity index (χ4v) is 18.7. The third kappa shape index (κ3) is 15.6. The molecule has 113 heavy (non-hydrogen) atoms. The molecule has 4 nitrogen and oxygen atoms in total. The standard InChI is InChI=1S/C109H113N3O/c1-9-12-15-18-20-22-69-108(70-23-21-19-16-13-10-2)104-75-97(111(91-50-29-79(6)30-51-91)94-56-38-83(39-57-94)82-36-54-93(55-37-82)110(90-48-27-78(5)28-49-90)96-60-42-84-34-35-86(84)73-96)61-67-100(104)101-68-62-98(76-105(101)108)112(92-52-31-80(7)32-53-92)95-58-40-85(41-59-95)87-43-66-103-102-65-33-81(8)72-106(102)109(107(103)74-87,88-44-25-77(4)26-45-88)89-46-63-99(64-47-89)113-71-24-17-14-11-3/h25-33,36-68,72-76H,9-24,34-35,69-71H2,1-8H3. The van der Waals surface area contributed by atoms with Crippen LogP contribution < -0.4 is 19.4 Å². The summed E-state index contributed by atoms with van der Waals surface area (Å²) in [5, 5.41) is 0. The van der Waals surface area contributed by atoms with Gasteiger partial charge in [0.25, 0.3) is 0 Å². The van der Waals surface area contributed by atoms with E-state index in [-0.39, 0.29) is 5.41 Å². The predicted octanol–water partition coefficient (Wildman–Crippen LogP) is 31.2. The summed E-state index contributed by atoms with van der Waals surface area (Å²) in [4.78, 5) is 7.46. The molecule has 3 aliphatic carbocycles. The number of benzene rings is 13. The van der Waals surface area contributed by atoms with E-state index < -0.39 is 5.41 Å². The molecule has 1 atom stereocenters. The SMILES string of the molecule is CCCCCCCCC1(CCCCCCCC)c2cc(N(c3ccc(C)cc3)c3ccc(-c4ccc(N(c5ccc(C)cc5)c5ccc6c(c5)CC6)cc4)cc3)ccc2-c2ccc(N(c3ccc(C)cc3)c3ccc(-c4ccc5c(c4)C(c4ccc(C)cc4)(c4ccc(OCCCCCC)cc4)c4cc(C)ccc4-5)cc3)cc21. The molecule has 0 N–H and O–H groups in total. The molecule has 0 heterocycles. The lowest BCUT2D eigenvalue weighted by molar-refractivity contribution is 0.305. The van der Waals surface area contributed by atoms with Gasteiger partial charge in [0.1, 0.15) is 5.75 Å². The molecule has 0 saturated heterocycles. The first kappa shape index (κ1) is 76.1. The van der Waals surface area contributed by atoms with E-state index in [1.54, 1.807) is 0 Å². The summed E-state index contributed by atoms with van der Waals surface area (Å²) < 4.78 is 6.42. The number of anilines is 9. The van der Waals surface area contributed by atoms with Gasteiger partial charge in [-0.05, 0) is 283 Å². The Bertz CT molecular complexity index is 5390. The molecule has 570 valence electrons. The molecule has 1 unspecified atom stereocenters. The Morgan fingerprint density at radius 2 is 0.575 bits per heavy atom. The van der Waals surface area contributed by atoms with E-state index >= 15 is 0 Å². The van der Waals surface area contributed by atoms with Gasteiger partial charge in [-0.25, -0.2) is 0 Å². The van der Waals surface area contributed by atoms with E-state index in [2.05, 4.69) is 355 Å². The number of nitrogens with zero attached hydrogens (tertiary/aromatic N) is 3. The summed E-state index contributed by atoms with van der Waals surface area (Å²) in [6, 6.07) is 110. The average molecular weight is 1480 g/mol. The molecular formula is C109H113N3O. The molecular weight excluding hydrogens is 1370 g/mol. The molecule has 0 fully saturated rings. The molecule has 0 bridgehead atoms. The maximum atomic E-state index is 6.42. The minimum absolute atomic E-state index is 0.219. The average Bonchev–Trinajstić information content (AvgIpc) is 1.54. The van der Waals surface area contributed by atoms with Gasteiger partial charge in [0.2, 0.25) is 0 Å². The lowest BCUT2D eigenvalue weighted by atomic mass is 9.67. The van der Waals surface area contributed by atoms with E-state index in [1.165, 1.54) is 242 Å². The highest BCUT2D eigenvalue weighted by molar-refractivity contribution is 5.92. The molecule has 16 rings (SSSR count). The van der Waals surface area contributed by atoms with Crippen LogP contribution in [-0.2, 0) is 23.7 Å². The first-order valence-electron chi connectivity index (χ1n) is 42.8. The Morgan fingerprint density at radius 1 is 0.257 bits per heavy atom. The number of fused-ring (bicyclic) bond motifs is 7. The summed E-state index contributed by atoms with van der Waals surface area (Å²) in [5.41, 5.74) is 37.1. The van der Waals surface area contributed by atoms with Crippen molar-refractivity contribution in [3.8, 4) is 50.3 Å². The number of hydrogen-bond donors (Lipinski definition) is 0. The Hall–Kier alpha value is -10.9. The highest BCUT2D eigenvalue weighted by atomic mass is 16.5. The van der Waals surface area contributed by atoms with Crippen LogP contribution in [0.2, 0.25) is 0 Å². The van der Waals surface area contributed by atoms with E-state index in [1.807, 2.05) is 0 Å². The van der Waals surface area contributed by atoms with Crippen LogP contribution in [0.5, 0.6) is 5.75 Å². The summed E-state index contributed by atoms with van der Waals surface area (Å²) >= 11 is 0. The van der Waals surface area contributed by atoms with Gasteiger partial charge in [-0.2, -0.15) is 0 Å². The van der Waals surface area contributed by atoms with Crippen molar-refractivity contribution in [2.45, 2.75) is 195 Å². The summed E-state index contributed by atoms with van der Waals surface area (Å²) in [6.07, 6.45) is 24.3. The van der Waals surface area contributed by atoms with Gasteiger partial charge in [0, 0.05) is 56.6 Å². The van der Waals surface area contributed by atoms with Gasteiger partial charge in [-0.1, -0.05) is 303 Å². The zero-order valence-electron chi connectivity index (χ0n) is 68.2. The van der Waals surface area contributed by atoms with Crippen molar-refractivity contribution in [3.05, 3.63) is 357 Å². The number of rotatable bonds is 33. The van der Waals surface area contributed by atoms with Crippen LogP contribution in [0.4, 0.5) is 51.2 Å². The molecule has 13 aromatic rings. The highest BCUT2D eigenvalue weighted by Gasteiger charge is 2.47. The molecule has 0 aliphatic heterocycles. The maximum absolute atomic E-state index is 6.42. The number of ether oxygens (including phenoxy) is 1. The van der Waals surface area contributed by atoms with Crippen molar-refractivity contribution in [2.24, 2.45) is 0 Å². The first-order chi connectivity index (χ1) is 55.4. The largest absolute Gasteiger partial charge is 0.494 e. The van der Waals surface area contributed by atoms with E-state index in [0.29, 0.717) is 0 Å². The maximum Gasteiger partial charge on any atom is 0.119 e. The van der Waals surface area contributed by atoms with Gasteiger partial charge in [-0.15, -0.1) is 0 Å². The molecule has 3 aliphatic rings. The lowest BCUT2D eigenvalue weighted by Crippen LogP contribution is -2.28. The molecule has 0 spiro atoms. The Kier molecular flexibility index (Phi) is 23.0. The summed E-state index contributed by atoms with van der Waals surface area (Å²) in [7, 11) is 0. The minimum atomic E-state index is -0.561. The van der Waals surface area contributed by atoms with E-state index in [9.17, 15) is 0 Å². The molecule has 4 heteroatoms. The van der Waals surface area contributed by atoms with Gasteiger partial charge in [0.05, 0.1) is 12.0 Å². The Labute approximate surface area is 675 Å². The van der Waals surface area contributed by atoms with Gasteiger partial charge >= 0.3 is 0 Å². The van der Waals surface area contributed by atoms with Crippen LogP contribution in [0.1, 0.15) is 209 Å². The normalized spacial score (nSPS) is 14.0. The topological polar surface area (TPSA) is 19.0 Å². The van der Waals surface area contributed by atoms with Crippen molar-refractivity contribution in [2.75, 3.05) is 21.3 Å². The first-order valence-corrected chi connectivity index (χ1v) is 42.8. The van der Waals surface area contributed by atoms with Crippen LogP contribution in [0.25, 0.3) is 44.5 Å². The monoisotopic (exact) mass is 1480 g/mol. The Morgan fingerprint density at radius 3 is 1.01 bits per heavy atom. The number of hydrogen-bond acceptors (Lipinski definition) is 4. The molecule has 0 radical (unpaired) electrons. The van der Waals surface area contributed by atoms with Crippen molar-refractivity contribution >= 4 is 51.2 Å². The van der Waals surface area contributed by atoms with Crippen LogP contribution in [0.3, 0.4) is 0 Å². The highest BCUT2D eigenvalue weighted by Crippen LogP contribution is 2.60. The molecule has 0 saturated carbocycles. The second-order valence-electron chi connectivity index (χ2n) is 33.0. The zero-order chi connectivity index (χ0) is 77.4. The minimum Gasteiger partial charge on any atom is -0.494 e. The number of unbranched alkanes of at least 4 members (excludes halogenated alkanes) is 13.